The lowest BCUT2D eigenvalue weighted by Crippen LogP contribution is -2.38. The van der Waals surface area contributed by atoms with Gasteiger partial charge in [0.15, 0.2) is 0 Å². The number of carbonyl (C=O) groups is 1. The average molecular weight is 298 g/mol. The number of hydrogen-bond acceptors (Lipinski definition) is 1. The Labute approximate surface area is 129 Å². The molecule has 2 aromatic rings. The van der Waals surface area contributed by atoms with Crippen LogP contribution in [0.4, 0.5) is 9.18 Å². The summed E-state index contributed by atoms with van der Waals surface area (Å²) < 4.78 is 13.2. The van der Waals surface area contributed by atoms with E-state index in [9.17, 15) is 9.18 Å². The summed E-state index contributed by atoms with van der Waals surface area (Å²) in [6, 6.07) is 16.6. The fourth-order valence-electron chi connectivity index (χ4n) is 2.64. The van der Waals surface area contributed by atoms with Gasteiger partial charge in [-0.05, 0) is 36.1 Å². The Kier molecular flexibility index (Phi) is 4.37. The normalized spacial score (nSPS) is 19.5. The zero-order valence-electron chi connectivity index (χ0n) is 12.3. The molecule has 0 spiro atoms. The SMILES string of the molecule is O=C(NCCc1ccccc1)NC1CC1c1cccc(F)c1. The molecule has 0 bridgehead atoms. The Hall–Kier alpha value is -2.36. The fourth-order valence-corrected chi connectivity index (χ4v) is 2.64. The third kappa shape index (κ3) is 3.85. The van der Waals surface area contributed by atoms with Gasteiger partial charge >= 0.3 is 6.03 Å². The molecule has 0 heterocycles. The summed E-state index contributed by atoms with van der Waals surface area (Å²) in [5.41, 5.74) is 2.15. The van der Waals surface area contributed by atoms with E-state index in [-0.39, 0.29) is 23.8 Å². The molecule has 2 unspecified atom stereocenters. The van der Waals surface area contributed by atoms with E-state index >= 15 is 0 Å². The molecular formula is C18H19FN2O. The molecule has 2 aromatic carbocycles. The number of urea groups is 1. The summed E-state index contributed by atoms with van der Waals surface area (Å²) in [4.78, 5) is 11.8. The van der Waals surface area contributed by atoms with Crippen LogP contribution >= 0.6 is 0 Å². The first-order valence-electron chi connectivity index (χ1n) is 7.56. The largest absolute Gasteiger partial charge is 0.338 e. The Morgan fingerprint density at radius 2 is 1.95 bits per heavy atom. The van der Waals surface area contributed by atoms with Gasteiger partial charge in [0, 0.05) is 18.5 Å². The highest BCUT2D eigenvalue weighted by molar-refractivity contribution is 5.74. The summed E-state index contributed by atoms with van der Waals surface area (Å²) in [6.07, 6.45) is 1.68. The minimum Gasteiger partial charge on any atom is -0.338 e. The zero-order valence-corrected chi connectivity index (χ0v) is 12.3. The van der Waals surface area contributed by atoms with Crippen LogP contribution < -0.4 is 10.6 Å². The molecule has 1 aliphatic carbocycles. The van der Waals surface area contributed by atoms with Crippen molar-refractivity contribution < 1.29 is 9.18 Å². The molecule has 22 heavy (non-hydrogen) atoms. The van der Waals surface area contributed by atoms with Crippen LogP contribution in [0, 0.1) is 5.82 Å². The van der Waals surface area contributed by atoms with E-state index in [4.69, 9.17) is 0 Å². The number of nitrogens with one attached hydrogen (secondary N) is 2. The van der Waals surface area contributed by atoms with Crippen molar-refractivity contribution in [3.63, 3.8) is 0 Å². The third-order valence-electron chi connectivity index (χ3n) is 3.93. The van der Waals surface area contributed by atoms with Crippen LogP contribution in [0.25, 0.3) is 0 Å². The Bertz CT molecular complexity index is 645. The average Bonchev–Trinajstić information content (AvgIpc) is 3.27. The number of halogens is 1. The van der Waals surface area contributed by atoms with Gasteiger partial charge in [-0.15, -0.1) is 0 Å². The van der Waals surface area contributed by atoms with E-state index in [0.717, 1.165) is 18.4 Å². The van der Waals surface area contributed by atoms with Crippen LogP contribution in [0.1, 0.15) is 23.5 Å². The van der Waals surface area contributed by atoms with Crippen molar-refractivity contribution in [2.45, 2.75) is 24.8 Å². The monoisotopic (exact) mass is 298 g/mol. The van der Waals surface area contributed by atoms with Crippen molar-refractivity contribution in [3.8, 4) is 0 Å². The molecule has 1 aliphatic rings. The van der Waals surface area contributed by atoms with E-state index in [1.54, 1.807) is 12.1 Å². The lowest BCUT2D eigenvalue weighted by atomic mass is 10.1. The van der Waals surface area contributed by atoms with Gasteiger partial charge < -0.3 is 10.6 Å². The molecular weight excluding hydrogens is 279 g/mol. The smallest absolute Gasteiger partial charge is 0.315 e. The van der Waals surface area contributed by atoms with Gasteiger partial charge in [0.1, 0.15) is 5.82 Å². The number of rotatable bonds is 5. The van der Waals surface area contributed by atoms with Gasteiger partial charge in [0.25, 0.3) is 0 Å². The third-order valence-corrected chi connectivity index (χ3v) is 3.93. The first-order chi connectivity index (χ1) is 10.7. The van der Waals surface area contributed by atoms with E-state index < -0.39 is 0 Å². The molecule has 3 rings (SSSR count). The van der Waals surface area contributed by atoms with Crippen molar-refractivity contribution >= 4 is 6.03 Å². The summed E-state index contributed by atoms with van der Waals surface area (Å²) >= 11 is 0. The van der Waals surface area contributed by atoms with Gasteiger partial charge in [-0.3, -0.25) is 0 Å². The zero-order chi connectivity index (χ0) is 15.4. The van der Waals surface area contributed by atoms with Crippen molar-refractivity contribution in [1.82, 2.24) is 10.6 Å². The second-order valence-electron chi connectivity index (χ2n) is 5.64. The van der Waals surface area contributed by atoms with Gasteiger partial charge in [-0.1, -0.05) is 42.5 Å². The quantitative estimate of drug-likeness (QED) is 0.874. The van der Waals surface area contributed by atoms with Crippen LogP contribution in [0.15, 0.2) is 54.6 Å². The predicted molar refractivity (Wildman–Crippen MR) is 84.2 cm³/mol. The molecule has 0 aromatic heterocycles. The van der Waals surface area contributed by atoms with E-state index in [0.29, 0.717) is 6.54 Å². The van der Waals surface area contributed by atoms with Crippen molar-refractivity contribution in [1.29, 1.82) is 0 Å². The fraction of sp³-hybridized carbons (Fsp3) is 0.278. The summed E-state index contributed by atoms with van der Waals surface area (Å²) in [5, 5.41) is 5.80. The first kappa shape index (κ1) is 14.6. The van der Waals surface area contributed by atoms with Gasteiger partial charge in [0.05, 0.1) is 0 Å². The van der Waals surface area contributed by atoms with Crippen molar-refractivity contribution in [2.24, 2.45) is 0 Å². The summed E-state index contributed by atoms with van der Waals surface area (Å²) in [7, 11) is 0. The van der Waals surface area contributed by atoms with Crippen LogP contribution in [-0.4, -0.2) is 18.6 Å². The minimum absolute atomic E-state index is 0.110. The van der Waals surface area contributed by atoms with Crippen molar-refractivity contribution in [2.75, 3.05) is 6.54 Å². The lowest BCUT2D eigenvalue weighted by molar-refractivity contribution is 0.240. The number of hydrogen-bond donors (Lipinski definition) is 2. The maximum Gasteiger partial charge on any atom is 0.315 e. The molecule has 1 fully saturated rings. The summed E-state index contributed by atoms with van der Waals surface area (Å²) in [5.74, 6) is 0.00559. The van der Waals surface area contributed by atoms with E-state index in [1.165, 1.54) is 11.6 Å². The highest BCUT2D eigenvalue weighted by Gasteiger charge is 2.39. The highest BCUT2D eigenvalue weighted by atomic mass is 19.1. The molecule has 0 aliphatic heterocycles. The topological polar surface area (TPSA) is 41.1 Å². The Morgan fingerprint density at radius 1 is 1.14 bits per heavy atom. The first-order valence-corrected chi connectivity index (χ1v) is 7.56. The van der Waals surface area contributed by atoms with Crippen LogP contribution in [0.5, 0.6) is 0 Å². The van der Waals surface area contributed by atoms with Gasteiger partial charge in [-0.2, -0.15) is 0 Å². The lowest BCUT2D eigenvalue weighted by Gasteiger charge is -2.07. The molecule has 0 saturated heterocycles. The molecule has 2 atom stereocenters. The number of carbonyl (C=O) groups excluding carboxylic acids is 1. The second-order valence-corrected chi connectivity index (χ2v) is 5.64. The molecule has 114 valence electrons. The molecule has 4 heteroatoms. The maximum absolute atomic E-state index is 13.2. The second kappa shape index (κ2) is 6.60. The van der Waals surface area contributed by atoms with Gasteiger partial charge in [-0.25, -0.2) is 9.18 Å². The molecule has 2 amide bonds. The standard InChI is InChI=1S/C18H19FN2O/c19-15-8-4-7-14(11-15)16-12-17(16)21-18(22)20-10-9-13-5-2-1-3-6-13/h1-8,11,16-17H,9-10,12H2,(H2,20,21,22). The molecule has 1 saturated carbocycles. The summed E-state index contributed by atoms with van der Waals surface area (Å²) in [6.45, 7) is 0.604. The Balaban J connectivity index is 1.40. The maximum atomic E-state index is 13.2. The van der Waals surface area contributed by atoms with Crippen LogP contribution in [0.3, 0.4) is 0 Å². The number of benzene rings is 2. The van der Waals surface area contributed by atoms with E-state index in [2.05, 4.69) is 10.6 Å². The molecule has 0 radical (unpaired) electrons. The van der Waals surface area contributed by atoms with Crippen LogP contribution in [-0.2, 0) is 6.42 Å². The minimum atomic E-state index is -0.226. The van der Waals surface area contributed by atoms with Crippen LogP contribution in [0.2, 0.25) is 0 Å². The van der Waals surface area contributed by atoms with E-state index in [1.807, 2.05) is 36.4 Å². The van der Waals surface area contributed by atoms with Gasteiger partial charge in [0.2, 0.25) is 0 Å². The number of amides is 2. The Morgan fingerprint density at radius 3 is 2.73 bits per heavy atom. The highest BCUT2D eigenvalue weighted by Crippen LogP contribution is 2.40. The molecule has 2 N–H and O–H groups in total. The predicted octanol–water partition coefficient (Wildman–Crippen LogP) is 3.22. The molecule has 3 nitrogen and oxygen atoms in total. The van der Waals surface area contributed by atoms with Crippen molar-refractivity contribution in [3.05, 3.63) is 71.5 Å².